The fourth-order valence-electron chi connectivity index (χ4n) is 1.04. The van der Waals surface area contributed by atoms with Gasteiger partial charge in [0.2, 0.25) is 0 Å². The van der Waals surface area contributed by atoms with E-state index < -0.39 is 5.82 Å². The Bertz CT molecular complexity index is 341. The average molecular weight is 275 g/mol. The van der Waals surface area contributed by atoms with Crippen LogP contribution >= 0.6 is 15.9 Å². The maximum atomic E-state index is 13.4. The lowest BCUT2D eigenvalue weighted by molar-refractivity contribution is 0.112. The van der Waals surface area contributed by atoms with Crippen LogP contribution < -0.4 is 4.74 Å². The Morgan fingerprint density at radius 2 is 2.20 bits per heavy atom. The largest absolute Gasteiger partial charge is 0.489 e. The third-order valence-electron chi connectivity index (χ3n) is 1.72. The van der Waals surface area contributed by atoms with E-state index in [1.807, 2.05) is 13.8 Å². The van der Waals surface area contributed by atoms with Crippen molar-refractivity contribution in [3.05, 3.63) is 28.0 Å². The van der Waals surface area contributed by atoms with E-state index in [-0.39, 0.29) is 11.3 Å². The fraction of sp³-hybridized carbons (Fsp3) is 0.364. The first-order valence-electron chi connectivity index (χ1n) is 4.61. The lowest BCUT2D eigenvalue weighted by atomic mass is 10.2. The zero-order chi connectivity index (χ0) is 11.4. The Hall–Kier alpha value is -0.900. The van der Waals surface area contributed by atoms with Gasteiger partial charge >= 0.3 is 0 Å². The first-order valence-corrected chi connectivity index (χ1v) is 5.41. The van der Waals surface area contributed by atoms with Gasteiger partial charge in [-0.2, -0.15) is 0 Å². The molecule has 82 valence electrons. The van der Waals surface area contributed by atoms with Crippen LogP contribution in [0.1, 0.15) is 24.2 Å². The minimum Gasteiger partial charge on any atom is -0.489 e. The van der Waals surface area contributed by atoms with Gasteiger partial charge in [-0.25, -0.2) is 4.39 Å². The molecule has 0 aliphatic carbocycles. The summed E-state index contributed by atoms with van der Waals surface area (Å²) in [7, 11) is 0. The third kappa shape index (κ3) is 3.30. The van der Waals surface area contributed by atoms with Crippen molar-refractivity contribution in [2.45, 2.75) is 13.8 Å². The first-order chi connectivity index (χ1) is 7.04. The zero-order valence-electron chi connectivity index (χ0n) is 8.59. The highest BCUT2D eigenvalue weighted by Gasteiger charge is 2.11. The summed E-state index contributed by atoms with van der Waals surface area (Å²) in [6, 6.07) is 2.69. The maximum Gasteiger partial charge on any atom is 0.169 e. The van der Waals surface area contributed by atoms with E-state index in [4.69, 9.17) is 4.74 Å². The quantitative estimate of drug-likeness (QED) is 0.787. The molecule has 0 fully saturated rings. The summed E-state index contributed by atoms with van der Waals surface area (Å²) in [5.74, 6) is -0.0385. The molecule has 0 heterocycles. The molecule has 0 bridgehead atoms. The molecular weight excluding hydrogens is 263 g/mol. The molecular formula is C11H12BrFO2. The highest BCUT2D eigenvalue weighted by Crippen LogP contribution is 2.29. The van der Waals surface area contributed by atoms with Gasteiger partial charge in [0.25, 0.3) is 0 Å². The summed E-state index contributed by atoms with van der Waals surface area (Å²) < 4.78 is 19.2. The number of carbonyl (C=O) groups is 1. The molecule has 0 aliphatic rings. The molecule has 0 atom stereocenters. The van der Waals surface area contributed by atoms with Crippen LogP contribution in [0.15, 0.2) is 16.6 Å². The minimum absolute atomic E-state index is 0.161. The molecule has 0 saturated carbocycles. The summed E-state index contributed by atoms with van der Waals surface area (Å²) in [6.45, 7) is 4.40. The second kappa shape index (κ2) is 5.26. The van der Waals surface area contributed by atoms with Crippen LogP contribution in [0.2, 0.25) is 0 Å². The molecule has 15 heavy (non-hydrogen) atoms. The van der Waals surface area contributed by atoms with Crippen molar-refractivity contribution in [2.75, 3.05) is 6.61 Å². The second-order valence-corrected chi connectivity index (χ2v) is 4.49. The van der Waals surface area contributed by atoms with Crippen LogP contribution in [0.3, 0.4) is 0 Å². The topological polar surface area (TPSA) is 26.3 Å². The van der Waals surface area contributed by atoms with Crippen molar-refractivity contribution in [2.24, 2.45) is 5.92 Å². The Labute approximate surface area is 96.6 Å². The highest BCUT2D eigenvalue weighted by molar-refractivity contribution is 9.10. The average Bonchev–Trinajstić information content (AvgIpc) is 2.15. The number of halogens is 2. The predicted octanol–water partition coefficient (Wildman–Crippen LogP) is 3.44. The van der Waals surface area contributed by atoms with Gasteiger partial charge < -0.3 is 4.74 Å². The Morgan fingerprint density at radius 3 is 2.67 bits per heavy atom. The molecule has 0 radical (unpaired) electrons. The standard InChI is InChI=1S/C11H12BrFO2/c1-7(2)6-15-11-9(12)3-8(5-14)4-10(11)13/h3-5,7H,6H2,1-2H3. The van der Waals surface area contributed by atoms with E-state index in [0.717, 1.165) is 6.07 Å². The van der Waals surface area contributed by atoms with E-state index in [0.29, 0.717) is 23.3 Å². The van der Waals surface area contributed by atoms with E-state index in [9.17, 15) is 9.18 Å². The van der Waals surface area contributed by atoms with Crippen molar-refractivity contribution < 1.29 is 13.9 Å². The first kappa shape index (κ1) is 12.2. The van der Waals surface area contributed by atoms with Gasteiger partial charge in [0.05, 0.1) is 11.1 Å². The van der Waals surface area contributed by atoms with Crippen molar-refractivity contribution >= 4 is 22.2 Å². The van der Waals surface area contributed by atoms with Gasteiger partial charge in [-0.15, -0.1) is 0 Å². The summed E-state index contributed by atoms with van der Waals surface area (Å²) in [6.07, 6.45) is 0.597. The number of benzene rings is 1. The molecule has 1 rings (SSSR count). The van der Waals surface area contributed by atoms with Gasteiger partial charge in [0.15, 0.2) is 11.6 Å². The molecule has 1 aromatic carbocycles. The molecule has 2 nitrogen and oxygen atoms in total. The summed E-state index contributed by atoms with van der Waals surface area (Å²) in [5, 5.41) is 0. The second-order valence-electron chi connectivity index (χ2n) is 3.64. The maximum absolute atomic E-state index is 13.4. The van der Waals surface area contributed by atoms with Crippen LogP contribution in [0.4, 0.5) is 4.39 Å². The number of hydrogen-bond acceptors (Lipinski definition) is 2. The normalized spacial score (nSPS) is 10.5. The van der Waals surface area contributed by atoms with Gasteiger partial charge in [-0.1, -0.05) is 13.8 Å². The Kier molecular flexibility index (Phi) is 4.27. The van der Waals surface area contributed by atoms with Crippen molar-refractivity contribution in [1.82, 2.24) is 0 Å². The van der Waals surface area contributed by atoms with Crippen LogP contribution in [0, 0.1) is 11.7 Å². The van der Waals surface area contributed by atoms with Crippen molar-refractivity contribution in [1.29, 1.82) is 0 Å². The van der Waals surface area contributed by atoms with E-state index in [2.05, 4.69) is 15.9 Å². The van der Waals surface area contributed by atoms with Crippen LogP contribution in [-0.2, 0) is 0 Å². The minimum atomic E-state index is -0.521. The summed E-state index contributed by atoms with van der Waals surface area (Å²) >= 11 is 3.16. The molecule has 0 saturated heterocycles. The number of hydrogen-bond donors (Lipinski definition) is 0. The Morgan fingerprint density at radius 1 is 1.53 bits per heavy atom. The van der Waals surface area contributed by atoms with Gasteiger partial charge in [0.1, 0.15) is 6.29 Å². The Balaban J connectivity index is 2.93. The molecule has 0 N–H and O–H groups in total. The molecule has 0 unspecified atom stereocenters. The third-order valence-corrected chi connectivity index (χ3v) is 2.31. The van der Waals surface area contributed by atoms with Crippen molar-refractivity contribution in [3.8, 4) is 5.75 Å². The molecule has 0 aromatic heterocycles. The van der Waals surface area contributed by atoms with Crippen molar-refractivity contribution in [3.63, 3.8) is 0 Å². The van der Waals surface area contributed by atoms with Crippen LogP contribution in [0.5, 0.6) is 5.75 Å². The van der Waals surface area contributed by atoms with Gasteiger partial charge in [-0.05, 0) is 34.0 Å². The van der Waals surface area contributed by atoms with Gasteiger partial charge in [-0.3, -0.25) is 4.79 Å². The lowest BCUT2D eigenvalue weighted by Crippen LogP contribution is -2.06. The highest BCUT2D eigenvalue weighted by atomic mass is 79.9. The van der Waals surface area contributed by atoms with Crippen LogP contribution in [0.25, 0.3) is 0 Å². The smallest absolute Gasteiger partial charge is 0.169 e. The van der Waals surface area contributed by atoms with Crippen LogP contribution in [-0.4, -0.2) is 12.9 Å². The molecule has 0 amide bonds. The van der Waals surface area contributed by atoms with E-state index in [1.54, 1.807) is 0 Å². The van der Waals surface area contributed by atoms with E-state index in [1.165, 1.54) is 6.07 Å². The van der Waals surface area contributed by atoms with Gasteiger partial charge in [0, 0.05) is 5.56 Å². The number of aldehydes is 1. The zero-order valence-corrected chi connectivity index (χ0v) is 10.2. The SMILES string of the molecule is CC(C)COc1c(F)cc(C=O)cc1Br. The summed E-state index contributed by atoms with van der Waals surface area (Å²) in [4.78, 5) is 10.5. The fourth-order valence-corrected chi connectivity index (χ4v) is 1.60. The molecule has 4 heteroatoms. The number of rotatable bonds is 4. The number of ether oxygens (including phenoxy) is 1. The molecule has 1 aromatic rings. The van der Waals surface area contributed by atoms with E-state index >= 15 is 0 Å². The predicted molar refractivity (Wildman–Crippen MR) is 59.8 cm³/mol. The lowest BCUT2D eigenvalue weighted by Gasteiger charge is -2.11. The summed E-state index contributed by atoms with van der Waals surface area (Å²) in [5.41, 5.74) is 0.288. The monoisotopic (exact) mass is 274 g/mol. The molecule has 0 spiro atoms. The molecule has 0 aliphatic heterocycles. The number of carbonyl (C=O) groups excluding carboxylic acids is 1.